The van der Waals surface area contributed by atoms with E-state index in [0.717, 1.165) is 44.0 Å². The van der Waals surface area contributed by atoms with E-state index in [1.807, 2.05) is 11.8 Å². The number of aromatic hydroxyl groups is 1. The van der Waals surface area contributed by atoms with Crippen LogP contribution in [0, 0.1) is 23.3 Å². The van der Waals surface area contributed by atoms with Gasteiger partial charge in [0.25, 0.3) is 0 Å². The summed E-state index contributed by atoms with van der Waals surface area (Å²) in [6.45, 7) is 4.54. The Labute approximate surface area is 260 Å². The standard InChI is InChI=1S/C32H31F5N6O3/c1-2-20-21-13-45-30-23-28(26(37)27(39-30)18-10-17(44)8-15-9-19(34)24(35)25(36)22(15)18)40-31(41-29(23)43(21)7-5-38-20)46-14-32-4-3-6-42(32)12-16(33)11-32/h8-10,16,20-21,38,44H,2-7,11-14H2,1H3/t16-,20+,21-,32+/m1/s1. The van der Waals surface area contributed by atoms with Crippen molar-refractivity contribution in [2.45, 2.75) is 56.4 Å². The lowest BCUT2D eigenvalue weighted by atomic mass is 9.95. The van der Waals surface area contributed by atoms with Gasteiger partial charge < -0.3 is 24.8 Å². The Morgan fingerprint density at radius 1 is 1.07 bits per heavy atom. The lowest BCUT2D eigenvalue weighted by molar-refractivity contribution is 0.107. The molecule has 242 valence electrons. The van der Waals surface area contributed by atoms with E-state index in [2.05, 4.69) is 20.2 Å². The maximum Gasteiger partial charge on any atom is 0.319 e. The van der Waals surface area contributed by atoms with E-state index in [1.165, 1.54) is 0 Å². The van der Waals surface area contributed by atoms with Gasteiger partial charge in [-0.2, -0.15) is 9.97 Å². The number of benzene rings is 2. The van der Waals surface area contributed by atoms with Crippen molar-refractivity contribution in [1.29, 1.82) is 0 Å². The van der Waals surface area contributed by atoms with Crippen LogP contribution in [0.5, 0.6) is 17.6 Å². The first-order chi connectivity index (χ1) is 22.2. The summed E-state index contributed by atoms with van der Waals surface area (Å²) in [5.74, 6) is -5.89. The Morgan fingerprint density at radius 3 is 2.74 bits per heavy atom. The van der Waals surface area contributed by atoms with Crippen molar-refractivity contribution in [1.82, 2.24) is 25.2 Å². The third-order valence-corrected chi connectivity index (χ3v) is 9.98. The van der Waals surface area contributed by atoms with Gasteiger partial charge >= 0.3 is 6.01 Å². The van der Waals surface area contributed by atoms with Crippen LogP contribution in [0.15, 0.2) is 18.2 Å². The van der Waals surface area contributed by atoms with Crippen molar-refractivity contribution in [2.75, 3.05) is 44.3 Å². The van der Waals surface area contributed by atoms with Crippen molar-refractivity contribution in [3.8, 4) is 28.9 Å². The molecular formula is C32H31F5N6O3. The number of nitrogens with zero attached hydrogens (tertiary/aromatic N) is 5. The second-order valence-electron chi connectivity index (χ2n) is 12.6. The third kappa shape index (κ3) is 4.43. The molecule has 4 aliphatic rings. The number of phenolic OH excluding ortho intramolecular Hbond substituents is 1. The SMILES string of the molecule is CC[C@@H]1NCCN2c3nc(OC[C@@]45CCCN4C[C@H](F)C5)nc4c(F)c(-c5cc(O)cc6cc(F)c(F)c(F)c56)nc(c34)OC[C@H]12. The van der Waals surface area contributed by atoms with E-state index in [0.29, 0.717) is 31.9 Å². The fourth-order valence-corrected chi connectivity index (χ4v) is 7.85. The highest BCUT2D eigenvalue weighted by molar-refractivity contribution is 6.02. The van der Waals surface area contributed by atoms with Gasteiger partial charge in [0.05, 0.1) is 11.6 Å². The topological polar surface area (TPSA) is 95.9 Å². The minimum Gasteiger partial charge on any atom is -0.508 e. The molecule has 0 bridgehead atoms. The number of anilines is 1. The smallest absolute Gasteiger partial charge is 0.319 e. The number of aromatic nitrogens is 3. The summed E-state index contributed by atoms with van der Waals surface area (Å²) in [6, 6.07) is 2.47. The van der Waals surface area contributed by atoms with E-state index in [4.69, 9.17) is 14.5 Å². The maximum absolute atomic E-state index is 16.8. The van der Waals surface area contributed by atoms with Gasteiger partial charge in [-0.25, -0.2) is 26.9 Å². The van der Waals surface area contributed by atoms with E-state index in [9.17, 15) is 18.3 Å². The number of fused-ring (bicyclic) bond motifs is 4. The number of alkyl halides is 1. The zero-order valence-corrected chi connectivity index (χ0v) is 24.9. The molecule has 3 fully saturated rings. The highest BCUT2D eigenvalue weighted by Crippen LogP contribution is 2.45. The number of phenols is 1. The molecular weight excluding hydrogens is 611 g/mol. The van der Waals surface area contributed by atoms with Crippen LogP contribution in [-0.2, 0) is 0 Å². The Balaban J connectivity index is 1.33. The lowest BCUT2D eigenvalue weighted by Gasteiger charge is -2.41. The van der Waals surface area contributed by atoms with Crippen LogP contribution in [0.2, 0.25) is 0 Å². The Bertz CT molecular complexity index is 1900. The first kappa shape index (κ1) is 29.4. The molecule has 6 heterocycles. The summed E-state index contributed by atoms with van der Waals surface area (Å²) >= 11 is 0. The van der Waals surface area contributed by atoms with Crippen LogP contribution >= 0.6 is 0 Å². The molecule has 0 amide bonds. The number of pyridine rings is 1. The summed E-state index contributed by atoms with van der Waals surface area (Å²) in [7, 11) is 0. The average Bonchev–Trinajstić information content (AvgIpc) is 3.51. The molecule has 3 saturated heterocycles. The van der Waals surface area contributed by atoms with Gasteiger partial charge in [-0.05, 0) is 49.4 Å². The maximum atomic E-state index is 16.8. The second kappa shape index (κ2) is 10.8. The molecule has 4 atom stereocenters. The monoisotopic (exact) mass is 642 g/mol. The molecule has 9 nitrogen and oxygen atoms in total. The van der Waals surface area contributed by atoms with Gasteiger partial charge in [0, 0.05) is 43.0 Å². The highest BCUT2D eigenvalue weighted by atomic mass is 19.2. The minimum atomic E-state index is -1.74. The largest absolute Gasteiger partial charge is 0.508 e. The molecule has 2 N–H and O–H groups in total. The molecule has 4 aromatic rings. The van der Waals surface area contributed by atoms with E-state index in [1.54, 1.807) is 0 Å². The molecule has 0 saturated carbocycles. The van der Waals surface area contributed by atoms with E-state index >= 15 is 8.78 Å². The predicted octanol–water partition coefficient (Wildman–Crippen LogP) is 5.01. The van der Waals surface area contributed by atoms with Crippen LogP contribution < -0.4 is 19.7 Å². The van der Waals surface area contributed by atoms with Crippen LogP contribution in [0.25, 0.3) is 32.9 Å². The van der Waals surface area contributed by atoms with Crippen LogP contribution in [-0.4, -0.2) is 88.1 Å². The number of piperazine rings is 1. The second-order valence-corrected chi connectivity index (χ2v) is 12.6. The Kier molecular flexibility index (Phi) is 6.87. The van der Waals surface area contributed by atoms with Crippen LogP contribution in [0.4, 0.5) is 27.8 Å². The average molecular weight is 643 g/mol. The summed E-state index contributed by atoms with van der Waals surface area (Å²) in [6.07, 6.45) is 1.77. The number of rotatable bonds is 5. The molecule has 4 aliphatic heterocycles. The fraction of sp³-hybridized carbons (Fsp3) is 0.469. The number of halogens is 5. The third-order valence-electron chi connectivity index (χ3n) is 9.98. The van der Waals surface area contributed by atoms with Crippen molar-refractivity contribution < 1.29 is 36.5 Å². The Morgan fingerprint density at radius 2 is 1.91 bits per heavy atom. The summed E-state index contributed by atoms with van der Waals surface area (Å²) in [5, 5.41) is 13.5. The van der Waals surface area contributed by atoms with Gasteiger partial charge in [0.1, 0.15) is 47.5 Å². The number of nitrogens with one attached hydrogen (secondary N) is 1. The van der Waals surface area contributed by atoms with Gasteiger partial charge in [0.2, 0.25) is 5.88 Å². The van der Waals surface area contributed by atoms with Crippen LogP contribution in [0.3, 0.4) is 0 Å². The first-order valence-electron chi connectivity index (χ1n) is 15.5. The van der Waals surface area contributed by atoms with Crippen molar-refractivity contribution in [2.24, 2.45) is 0 Å². The predicted molar refractivity (Wildman–Crippen MR) is 159 cm³/mol. The fourth-order valence-electron chi connectivity index (χ4n) is 7.85. The van der Waals surface area contributed by atoms with Gasteiger partial charge in [-0.3, -0.25) is 4.90 Å². The van der Waals surface area contributed by atoms with Gasteiger partial charge in [-0.15, -0.1) is 0 Å². The van der Waals surface area contributed by atoms with Crippen LogP contribution in [0.1, 0.15) is 32.6 Å². The zero-order chi connectivity index (χ0) is 31.9. The van der Waals surface area contributed by atoms with E-state index < -0.39 is 51.8 Å². The quantitative estimate of drug-likeness (QED) is 0.230. The molecule has 0 spiro atoms. The summed E-state index contributed by atoms with van der Waals surface area (Å²) < 4.78 is 87.5. The molecule has 8 rings (SSSR count). The molecule has 14 heteroatoms. The summed E-state index contributed by atoms with van der Waals surface area (Å²) in [4.78, 5) is 17.8. The molecule has 0 aliphatic carbocycles. The molecule has 46 heavy (non-hydrogen) atoms. The molecule has 2 aromatic heterocycles. The first-order valence-corrected chi connectivity index (χ1v) is 15.5. The summed E-state index contributed by atoms with van der Waals surface area (Å²) in [5.41, 5.74) is -1.54. The van der Waals surface area contributed by atoms with E-state index in [-0.39, 0.29) is 59.0 Å². The lowest BCUT2D eigenvalue weighted by Crippen LogP contribution is -2.60. The number of ether oxygens (including phenoxy) is 2. The van der Waals surface area contributed by atoms with Gasteiger partial charge in [0.15, 0.2) is 23.3 Å². The number of hydrogen-bond donors (Lipinski definition) is 2. The minimum absolute atomic E-state index is 0.00894. The Hall–Kier alpha value is -4.04. The molecule has 0 unspecified atom stereocenters. The van der Waals surface area contributed by atoms with Crippen molar-refractivity contribution >= 4 is 27.5 Å². The van der Waals surface area contributed by atoms with Crippen molar-refractivity contribution in [3.63, 3.8) is 0 Å². The zero-order valence-electron chi connectivity index (χ0n) is 24.9. The van der Waals surface area contributed by atoms with Crippen molar-refractivity contribution in [3.05, 3.63) is 41.5 Å². The molecule has 0 radical (unpaired) electrons. The highest BCUT2D eigenvalue weighted by Gasteiger charge is 2.49. The molecule has 2 aromatic carbocycles. The normalized spacial score (nSPS) is 25.9. The number of hydrogen-bond acceptors (Lipinski definition) is 9. The van der Waals surface area contributed by atoms with Gasteiger partial charge in [-0.1, -0.05) is 6.92 Å².